The molecule has 0 aromatic heterocycles. The topological polar surface area (TPSA) is 21.3 Å². The van der Waals surface area contributed by atoms with E-state index in [-0.39, 0.29) is 11.7 Å². The van der Waals surface area contributed by atoms with Crippen LogP contribution in [-0.4, -0.2) is 18.7 Å². The Hall–Kier alpha value is -0.570. The third-order valence-corrected chi connectivity index (χ3v) is 4.21. The molecule has 1 unspecified atom stereocenters. The highest BCUT2D eigenvalue weighted by Gasteiger charge is 2.46. The van der Waals surface area contributed by atoms with Crippen molar-refractivity contribution in [1.29, 1.82) is 0 Å². The molecule has 0 spiro atoms. The second-order valence-electron chi connectivity index (χ2n) is 5.00. The molecule has 16 heavy (non-hydrogen) atoms. The average molecular weight is 238 g/mol. The molecule has 0 amide bonds. The molecule has 2 aliphatic rings. The smallest absolute Gasteiger partial charge is 0.0866 e. The van der Waals surface area contributed by atoms with E-state index < -0.39 is 0 Å². The third-order valence-electron chi connectivity index (χ3n) is 3.88. The number of benzene rings is 1. The Labute approximate surface area is 101 Å². The van der Waals surface area contributed by atoms with Crippen LogP contribution in [0.2, 0.25) is 5.02 Å². The van der Waals surface area contributed by atoms with E-state index in [2.05, 4.69) is 25.2 Å². The molecule has 0 aliphatic carbocycles. The predicted octanol–water partition coefficient (Wildman–Crippen LogP) is 2.88. The number of halogens is 1. The fourth-order valence-electron chi connectivity index (χ4n) is 3.12. The first-order chi connectivity index (χ1) is 7.62. The number of nitrogens with one attached hydrogen (secondary N) is 1. The first kappa shape index (κ1) is 10.6. The molecular weight excluding hydrogens is 222 g/mol. The van der Waals surface area contributed by atoms with Crippen molar-refractivity contribution >= 4 is 11.6 Å². The molecular formula is C13H16ClNO. The van der Waals surface area contributed by atoms with Crippen molar-refractivity contribution in [1.82, 2.24) is 5.32 Å². The van der Waals surface area contributed by atoms with Crippen LogP contribution in [0.3, 0.4) is 0 Å². The predicted molar refractivity (Wildman–Crippen MR) is 65.0 cm³/mol. The van der Waals surface area contributed by atoms with Crippen molar-refractivity contribution in [2.24, 2.45) is 0 Å². The number of ether oxygens (including phenoxy) is 1. The van der Waals surface area contributed by atoms with Gasteiger partial charge < -0.3 is 10.1 Å². The van der Waals surface area contributed by atoms with E-state index in [0.29, 0.717) is 5.92 Å². The number of hydrogen-bond donors (Lipinski definition) is 1. The zero-order valence-electron chi connectivity index (χ0n) is 9.59. The zero-order chi connectivity index (χ0) is 11.3. The summed E-state index contributed by atoms with van der Waals surface area (Å²) in [4.78, 5) is 0. The minimum Gasteiger partial charge on any atom is -0.366 e. The van der Waals surface area contributed by atoms with Crippen molar-refractivity contribution in [2.75, 3.05) is 13.1 Å². The lowest BCUT2D eigenvalue weighted by molar-refractivity contribution is -0.0865. The standard InChI is InChI=1S/C13H16ClNO/c1-8-12-9(4-3-5-11(12)14)10-6-15-7-13(10,2)16-8/h3-5,8,10,15H,6-7H2,1-2H3/t8?,10-,13-/m0/s1. The average Bonchev–Trinajstić information content (AvgIpc) is 2.59. The Bertz CT molecular complexity index is 434. The van der Waals surface area contributed by atoms with Crippen molar-refractivity contribution in [3.05, 3.63) is 34.3 Å². The van der Waals surface area contributed by atoms with Gasteiger partial charge >= 0.3 is 0 Å². The Morgan fingerprint density at radius 1 is 1.50 bits per heavy atom. The van der Waals surface area contributed by atoms with Crippen LogP contribution in [-0.2, 0) is 4.74 Å². The van der Waals surface area contributed by atoms with E-state index in [0.717, 1.165) is 18.1 Å². The van der Waals surface area contributed by atoms with Crippen molar-refractivity contribution < 1.29 is 4.74 Å². The second kappa shape index (κ2) is 3.46. The highest BCUT2D eigenvalue weighted by molar-refractivity contribution is 6.31. The fourth-order valence-corrected chi connectivity index (χ4v) is 3.45. The van der Waals surface area contributed by atoms with Gasteiger partial charge in [0.1, 0.15) is 0 Å². The van der Waals surface area contributed by atoms with Crippen molar-refractivity contribution in [3.8, 4) is 0 Å². The van der Waals surface area contributed by atoms with Gasteiger partial charge in [-0.2, -0.15) is 0 Å². The van der Waals surface area contributed by atoms with Gasteiger partial charge in [-0.05, 0) is 25.5 Å². The van der Waals surface area contributed by atoms with Crippen LogP contribution in [0.4, 0.5) is 0 Å². The lowest BCUT2D eigenvalue weighted by Gasteiger charge is -2.41. The molecule has 1 saturated heterocycles. The molecule has 1 aromatic rings. The first-order valence-corrected chi connectivity index (χ1v) is 6.16. The summed E-state index contributed by atoms with van der Waals surface area (Å²) >= 11 is 6.27. The van der Waals surface area contributed by atoms with Gasteiger partial charge in [-0.3, -0.25) is 0 Å². The molecule has 2 nitrogen and oxygen atoms in total. The molecule has 86 valence electrons. The summed E-state index contributed by atoms with van der Waals surface area (Å²) in [6.45, 7) is 6.19. The summed E-state index contributed by atoms with van der Waals surface area (Å²) in [6, 6.07) is 6.18. The summed E-state index contributed by atoms with van der Waals surface area (Å²) in [7, 11) is 0. The van der Waals surface area contributed by atoms with E-state index in [1.165, 1.54) is 11.1 Å². The van der Waals surface area contributed by atoms with Gasteiger partial charge in [0, 0.05) is 29.6 Å². The van der Waals surface area contributed by atoms with E-state index in [1.54, 1.807) is 0 Å². The van der Waals surface area contributed by atoms with Gasteiger partial charge in [0.15, 0.2) is 0 Å². The molecule has 2 heterocycles. The molecule has 1 N–H and O–H groups in total. The second-order valence-corrected chi connectivity index (χ2v) is 5.41. The zero-order valence-corrected chi connectivity index (χ0v) is 10.3. The van der Waals surface area contributed by atoms with Crippen LogP contribution in [0.1, 0.15) is 37.0 Å². The summed E-state index contributed by atoms with van der Waals surface area (Å²) in [6.07, 6.45) is 0.0878. The highest BCUT2D eigenvalue weighted by atomic mass is 35.5. The number of fused-ring (bicyclic) bond motifs is 3. The maximum Gasteiger partial charge on any atom is 0.0866 e. The van der Waals surface area contributed by atoms with Gasteiger partial charge in [0.25, 0.3) is 0 Å². The Morgan fingerprint density at radius 3 is 3.12 bits per heavy atom. The molecule has 3 heteroatoms. The Balaban J connectivity index is 2.18. The summed E-state index contributed by atoms with van der Waals surface area (Å²) in [5.41, 5.74) is 2.46. The molecule has 1 fully saturated rings. The van der Waals surface area contributed by atoms with Crippen LogP contribution in [0.5, 0.6) is 0 Å². The monoisotopic (exact) mass is 237 g/mol. The maximum absolute atomic E-state index is 6.27. The van der Waals surface area contributed by atoms with Crippen LogP contribution in [0, 0.1) is 0 Å². The SMILES string of the molecule is CC1O[C@@]2(C)CNC[C@H]2c2cccc(Cl)c21. The van der Waals surface area contributed by atoms with E-state index >= 15 is 0 Å². The summed E-state index contributed by atoms with van der Waals surface area (Å²) in [5, 5.41) is 4.25. The minimum absolute atomic E-state index is 0.0723. The van der Waals surface area contributed by atoms with Crippen LogP contribution >= 0.6 is 11.6 Å². The van der Waals surface area contributed by atoms with Gasteiger partial charge in [-0.15, -0.1) is 0 Å². The molecule has 1 aromatic carbocycles. The fraction of sp³-hybridized carbons (Fsp3) is 0.538. The summed E-state index contributed by atoms with van der Waals surface area (Å²) < 4.78 is 6.16. The maximum atomic E-state index is 6.27. The van der Waals surface area contributed by atoms with E-state index in [9.17, 15) is 0 Å². The van der Waals surface area contributed by atoms with Gasteiger partial charge in [-0.1, -0.05) is 23.7 Å². The van der Waals surface area contributed by atoms with Gasteiger partial charge in [0.2, 0.25) is 0 Å². The lowest BCUT2D eigenvalue weighted by atomic mass is 9.80. The number of rotatable bonds is 0. The van der Waals surface area contributed by atoms with E-state index in [1.807, 2.05) is 12.1 Å². The van der Waals surface area contributed by atoms with Crippen LogP contribution in [0.15, 0.2) is 18.2 Å². The number of hydrogen-bond acceptors (Lipinski definition) is 2. The molecule has 2 aliphatic heterocycles. The van der Waals surface area contributed by atoms with Gasteiger partial charge in [0.05, 0.1) is 11.7 Å². The lowest BCUT2D eigenvalue weighted by Crippen LogP contribution is -2.41. The van der Waals surface area contributed by atoms with E-state index in [4.69, 9.17) is 16.3 Å². The largest absolute Gasteiger partial charge is 0.366 e. The summed E-state index contributed by atoms with van der Waals surface area (Å²) in [5.74, 6) is 0.428. The first-order valence-electron chi connectivity index (χ1n) is 5.79. The Morgan fingerprint density at radius 2 is 2.31 bits per heavy atom. The normalized spacial score (nSPS) is 36.9. The van der Waals surface area contributed by atoms with Crippen molar-refractivity contribution in [3.63, 3.8) is 0 Å². The minimum atomic E-state index is -0.0723. The Kier molecular flexibility index (Phi) is 2.29. The van der Waals surface area contributed by atoms with Gasteiger partial charge in [-0.25, -0.2) is 0 Å². The molecule has 0 radical (unpaired) electrons. The highest BCUT2D eigenvalue weighted by Crippen LogP contribution is 2.47. The molecule has 0 saturated carbocycles. The third kappa shape index (κ3) is 1.33. The van der Waals surface area contributed by atoms with Crippen LogP contribution < -0.4 is 5.32 Å². The quantitative estimate of drug-likeness (QED) is 0.749. The molecule has 3 rings (SSSR count). The molecule has 0 bridgehead atoms. The van der Waals surface area contributed by atoms with Crippen molar-refractivity contribution in [2.45, 2.75) is 31.5 Å². The van der Waals surface area contributed by atoms with Crippen LogP contribution in [0.25, 0.3) is 0 Å². The molecule has 3 atom stereocenters.